The largest absolute Gasteiger partial charge is 0.416 e. The number of nitrogens with zero attached hydrogens (tertiary/aromatic N) is 2. The molecule has 2 aliphatic heterocycles. The van der Waals surface area contributed by atoms with Crippen LogP contribution in [0.15, 0.2) is 48.5 Å². The molecule has 35 heavy (non-hydrogen) atoms. The summed E-state index contributed by atoms with van der Waals surface area (Å²) in [4.78, 5) is 29.3. The highest BCUT2D eigenvalue weighted by molar-refractivity contribution is 5.95. The predicted octanol–water partition coefficient (Wildman–Crippen LogP) is 4.07. The number of carbonyl (C=O) groups is 2. The molecule has 4 rings (SSSR count). The summed E-state index contributed by atoms with van der Waals surface area (Å²) in [5.74, 6) is -0.606. The van der Waals surface area contributed by atoms with Crippen LogP contribution in [0, 0.1) is 5.92 Å². The van der Waals surface area contributed by atoms with E-state index in [4.69, 9.17) is 4.74 Å². The quantitative estimate of drug-likeness (QED) is 0.665. The van der Waals surface area contributed by atoms with Crippen LogP contribution >= 0.6 is 0 Å². The molecular weight excluding hydrogens is 459 g/mol. The van der Waals surface area contributed by atoms with Gasteiger partial charge in [-0.05, 0) is 61.2 Å². The molecule has 0 saturated carbocycles. The number of alkyl halides is 3. The molecule has 2 fully saturated rings. The lowest BCUT2D eigenvalue weighted by molar-refractivity contribution is -0.137. The molecule has 2 heterocycles. The molecule has 9 heteroatoms. The second-order valence-electron chi connectivity index (χ2n) is 9.03. The first-order valence-electron chi connectivity index (χ1n) is 12.0. The molecule has 0 aromatic heterocycles. The number of morpholine rings is 1. The molecule has 2 amide bonds. The van der Waals surface area contributed by atoms with Crippen LogP contribution in [0.5, 0.6) is 0 Å². The summed E-state index contributed by atoms with van der Waals surface area (Å²) in [6, 6.07) is 12.1. The van der Waals surface area contributed by atoms with Gasteiger partial charge in [-0.1, -0.05) is 12.1 Å². The monoisotopic (exact) mass is 489 g/mol. The molecular formula is C26H30F3N3O3. The number of amides is 2. The highest BCUT2D eigenvalue weighted by Crippen LogP contribution is 2.29. The Morgan fingerprint density at radius 3 is 2.14 bits per heavy atom. The van der Waals surface area contributed by atoms with Gasteiger partial charge in [0.05, 0.1) is 18.8 Å². The van der Waals surface area contributed by atoms with E-state index in [1.165, 1.54) is 17.7 Å². The van der Waals surface area contributed by atoms with Crippen molar-refractivity contribution in [3.63, 3.8) is 0 Å². The van der Waals surface area contributed by atoms with E-state index in [2.05, 4.69) is 10.2 Å². The summed E-state index contributed by atoms with van der Waals surface area (Å²) in [6.45, 7) is 5.25. The Hall–Kier alpha value is -2.91. The van der Waals surface area contributed by atoms with E-state index in [0.29, 0.717) is 25.9 Å². The number of halogens is 3. The lowest BCUT2D eigenvalue weighted by Crippen LogP contribution is -2.41. The van der Waals surface area contributed by atoms with Gasteiger partial charge in [-0.2, -0.15) is 13.2 Å². The number of nitrogens with one attached hydrogen (secondary N) is 1. The number of benzene rings is 2. The molecule has 2 aromatic carbocycles. The van der Waals surface area contributed by atoms with Crippen LogP contribution in [-0.2, 0) is 22.1 Å². The zero-order chi connectivity index (χ0) is 24.8. The Bertz CT molecular complexity index is 995. The minimum absolute atomic E-state index is 0.0762. The maximum absolute atomic E-state index is 12.7. The first-order valence-corrected chi connectivity index (χ1v) is 12.0. The Morgan fingerprint density at radius 1 is 0.914 bits per heavy atom. The van der Waals surface area contributed by atoms with Crippen molar-refractivity contribution < 1.29 is 27.5 Å². The fourth-order valence-corrected chi connectivity index (χ4v) is 4.44. The van der Waals surface area contributed by atoms with E-state index >= 15 is 0 Å². The van der Waals surface area contributed by atoms with Crippen molar-refractivity contribution in [3.8, 4) is 0 Å². The smallest absolute Gasteiger partial charge is 0.379 e. The maximum Gasteiger partial charge on any atom is 0.416 e. The Morgan fingerprint density at radius 2 is 1.54 bits per heavy atom. The summed E-state index contributed by atoms with van der Waals surface area (Å²) >= 11 is 0. The lowest BCUT2D eigenvalue weighted by atomic mass is 9.95. The molecule has 1 N–H and O–H groups in total. The number of hydrogen-bond donors (Lipinski definition) is 1. The Kier molecular flexibility index (Phi) is 8.07. The average Bonchev–Trinajstić information content (AvgIpc) is 2.88. The highest BCUT2D eigenvalue weighted by Gasteiger charge is 2.31. The average molecular weight is 490 g/mol. The van der Waals surface area contributed by atoms with E-state index in [1.807, 2.05) is 24.3 Å². The molecule has 0 atom stereocenters. The van der Waals surface area contributed by atoms with E-state index in [0.717, 1.165) is 57.1 Å². The third-order valence-corrected chi connectivity index (χ3v) is 6.65. The number of likely N-dealkylation sites (tertiary alicyclic amines) is 1. The highest BCUT2D eigenvalue weighted by atomic mass is 19.4. The van der Waals surface area contributed by atoms with Crippen molar-refractivity contribution in [1.29, 1.82) is 0 Å². The maximum atomic E-state index is 12.7. The van der Waals surface area contributed by atoms with Crippen molar-refractivity contribution in [2.45, 2.75) is 25.4 Å². The van der Waals surface area contributed by atoms with Gasteiger partial charge in [0.2, 0.25) is 5.91 Å². The van der Waals surface area contributed by atoms with Crippen molar-refractivity contribution in [3.05, 3.63) is 65.2 Å². The van der Waals surface area contributed by atoms with Crippen molar-refractivity contribution >= 4 is 17.5 Å². The fourth-order valence-electron chi connectivity index (χ4n) is 4.44. The number of carbonyl (C=O) groups excluding carboxylic acids is 2. The van der Waals surface area contributed by atoms with E-state index in [1.54, 1.807) is 4.90 Å². The zero-order valence-electron chi connectivity index (χ0n) is 19.5. The van der Waals surface area contributed by atoms with Crippen LogP contribution in [0.2, 0.25) is 0 Å². The number of rotatable bonds is 6. The molecule has 0 bridgehead atoms. The molecule has 188 valence electrons. The van der Waals surface area contributed by atoms with Gasteiger partial charge in [-0.3, -0.25) is 14.5 Å². The van der Waals surface area contributed by atoms with Crippen LogP contribution in [0.1, 0.15) is 34.3 Å². The number of anilines is 1. The summed E-state index contributed by atoms with van der Waals surface area (Å²) in [5.41, 5.74) is 1.39. The molecule has 2 saturated heterocycles. The topological polar surface area (TPSA) is 61.9 Å². The van der Waals surface area contributed by atoms with Crippen LogP contribution in [-0.4, -0.2) is 67.6 Å². The summed E-state index contributed by atoms with van der Waals surface area (Å²) in [5, 5.41) is 2.96. The summed E-state index contributed by atoms with van der Waals surface area (Å²) in [6.07, 6.45) is -2.47. The SMILES string of the molecule is O=C(Nc1ccc(CCN2CCOCC2)cc1)C1CCN(C(=O)c2ccc(C(F)(F)F)cc2)CC1. The van der Waals surface area contributed by atoms with Crippen LogP contribution in [0.4, 0.5) is 18.9 Å². The fraction of sp³-hybridized carbons (Fsp3) is 0.462. The van der Waals surface area contributed by atoms with Gasteiger partial charge in [0, 0.05) is 49.9 Å². The normalized spacial score (nSPS) is 17.9. The number of piperidine rings is 1. The molecule has 0 unspecified atom stereocenters. The Labute approximate surface area is 203 Å². The molecule has 2 aromatic rings. The molecule has 0 aliphatic carbocycles. The van der Waals surface area contributed by atoms with Gasteiger partial charge in [0.15, 0.2) is 0 Å². The number of hydrogen-bond acceptors (Lipinski definition) is 4. The zero-order valence-corrected chi connectivity index (χ0v) is 19.5. The van der Waals surface area contributed by atoms with Gasteiger partial charge in [-0.25, -0.2) is 0 Å². The molecule has 0 spiro atoms. The molecule has 6 nitrogen and oxygen atoms in total. The summed E-state index contributed by atoms with van der Waals surface area (Å²) in [7, 11) is 0. The summed E-state index contributed by atoms with van der Waals surface area (Å²) < 4.78 is 43.6. The second-order valence-corrected chi connectivity index (χ2v) is 9.03. The minimum Gasteiger partial charge on any atom is -0.379 e. The van der Waals surface area contributed by atoms with Crippen molar-refractivity contribution in [2.24, 2.45) is 5.92 Å². The van der Waals surface area contributed by atoms with Gasteiger partial charge < -0.3 is 15.0 Å². The first kappa shape index (κ1) is 25.2. The third kappa shape index (κ3) is 6.82. The van der Waals surface area contributed by atoms with Crippen LogP contribution in [0.3, 0.4) is 0 Å². The van der Waals surface area contributed by atoms with Crippen molar-refractivity contribution in [2.75, 3.05) is 51.3 Å². The van der Waals surface area contributed by atoms with Gasteiger partial charge >= 0.3 is 6.18 Å². The minimum atomic E-state index is -4.43. The second kappa shape index (κ2) is 11.2. The number of ether oxygens (including phenoxy) is 1. The molecule has 0 radical (unpaired) electrons. The third-order valence-electron chi connectivity index (χ3n) is 6.65. The van der Waals surface area contributed by atoms with Crippen LogP contribution in [0.25, 0.3) is 0 Å². The standard InChI is InChI=1S/C26H30F3N3O3/c27-26(28,29)22-5-3-21(4-6-22)25(34)32-13-10-20(11-14-32)24(33)30-23-7-1-19(2-8-23)9-12-31-15-17-35-18-16-31/h1-8,20H,9-18H2,(H,30,33). The van der Waals surface area contributed by atoms with E-state index in [9.17, 15) is 22.8 Å². The van der Waals surface area contributed by atoms with E-state index in [-0.39, 0.29) is 23.3 Å². The lowest BCUT2D eigenvalue weighted by Gasteiger charge is -2.31. The first-order chi connectivity index (χ1) is 16.8. The Balaban J connectivity index is 1.22. The van der Waals surface area contributed by atoms with Crippen molar-refractivity contribution in [1.82, 2.24) is 9.80 Å². The van der Waals surface area contributed by atoms with E-state index < -0.39 is 11.7 Å². The van der Waals surface area contributed by atoms with Gasteiger partial charge in [0.25, 0.3) is 5.91 Å². The predicted molar refractivity (Wildman–Crippen MR) is 126 cm³/mol. The molecule has 2 aliphatic rings. The van der Waals surface area contributed by atoms with Crippen LogP contribution < -0.4 is 5.32 Å². The van der Waals surface area contributed by atoms with Gasteiger partial charge in [0.1, 0.15) is 0 Å². The van der Waals surface area contributed by atoms with Gasteiger partial charge in [-0.15, -0.1) is 0 Å².